The molecule has 0 atom stereocenters. The van der Waals surface area contributed by atoms with Gasteiger partial charge in [-0.25, -0.2) is 0 Å². The predicted molar refractivity (Wildman–Crippen MR) is 73.9 cm³/mol. The van der Waals surface area contributed by atoms with Crippen molar-refractivity contribution in [2.45, 2.75) is 12.5 Å². The Balaban J connectivity index is 1.88. The Labute approximate surface area is 117 Å². The first-order valence-electron chi connectivity index (χ1n) is 6.00. The minimum atomic E-state index is -0.227. The van der Waals surface area contributed by atoms with Crippen LogP contribution in [-0.4, -0.2) is 38.3 Å². The van der Waals surface area contributed by atoms with Gasteiger partial charge < -0.3 is 20.1 Å². The molecule has 1 saturated heterocycles. The van der Waals surface area contributed by atoms with E-state index in [9.17, 15) is 4.79 Å². The fourth-order valence-electron chi connectivity index (χ4n) is 1.75. The first-order valence-corrected chi connectivity index (χ1v) is 6.38. The average Bonchev–Trinajstić information content (AvgIpc) is 2.36. The second-order valence-electron chi connectivity index (χ2n) is 4.74. The molecule has 1 aromatic carbocycles. The lowest BCUT2D eigenvalue weighted by Gasteiger charge is -2.38. The molecule has 0 radical (unpaired) electrons. The van der Waals surface area contributed by atoms with E-state index in [1.807, 2.05) is 6.92 Å². The lowest BCUT2D eigenvalue weighted by atomic mass is 10.0. The summed E-state index contributed by atoms with van der Waals surface area (Å²) in [6, 6.07) is 5.07. The Morgan fingerprint density at radius 1 is 1.53 bits per heavy atom. The average molecular weight is 285 g/mol. The Morgan fingerprint density at radius 2 is 2.26 bits per heavy atom. The van der Waals surface area contributed by atoms with Gasteiger partial charge >= 0.3 is 0 Å². The van der Waals surface area contributed by atoms with Crippen LogP contribution in [0.4, 0.5) is 5.69 Å². The molecule has 5 nitrogen and oxygen atoms in total. The van der Waals surface area contributed by atoms with Crippen molar-refractivity contribution < 1.29 is 14.3 Å². The number of benzene rings is 1. The molecule has 2 rings (SSSR count). The van der Waals surface area contributed by atoms with Gasteiger partial charge in [0.25, 0.3) is 0 Å². The fraction of sp³-hybridized carbons (Fsp3) is 0.462. The Hall–Kier alpha value is -1.30. The second-order valence-corrected chi connectivity index (χ2v) is 5.15. The molecular weight excluding hydrogens is 268 g/mol. The number of methoxy groups -OCH3 is 1. The summed E-state index contributed by atoms with van der Waals surface area (Å²) in [5.74, 6) is 0.327. The van der Waals surface area contributed by atoms with Crippen LogP contribution in [0.1, 0.15) is 6.92 Å². The number of carbonyl (C=O) groups is 1. The van der Waals surface area contributed by atoms with Gasteiger partial charge in [-0.3, -0.25) is 4.79 Å². The molecule has 1 heterocycles. The number of amides is 1. The smallest absolute Gasteiger partial charge is 0.250 e. The summed E-state index contributed by atoms with van der Waals surface area (Å²) >= 11 is 5.91. The van der Waals surface area contributed by atoms with Crippen molar-refractivity contribution in [3.05, 3.63) is 23.2 Å². The van der Waals surface area contributed by atoms with Crippen LogP contribution < -0.4 is 15.4 Å². The zero-order valence-electron chi connectivity index (χ0n) is 11.0. The number of halogens is 1. The Kier molecular flexibility index (Phi) is 4.29. The maximum Gasteiger partial charge on any atom is 0.250 e. The Bertz CT molecular complexity index is 475. The third-order valence-corrected chi connectivity index (χ3v) is 3.30. The van der Waals surface area contributed by atoms with Crippen LogP contribution in [0.25, 0.3) is 0 Å². The molecule has 1 aliphatic heterocycles. The molecule has 1 aliphatic rings. The standard InChI is InChI=1S/C13H17ClN2O3/c1-13(7-15-8-13)19-6-12(17)16-9-3-4-10(14)11(5-9)18-2/h3-5,15H,6-8H2,1-2H3,(H,16,17). The van der Waals surface area contributed by atoms with E-state index in [4.69, 9.17) is 21.1 Å². The van der Waals surface area contributed by atoms with E-state index in [0.717, 1.165) is 13.1 Å². The largest absolute Gasteiger partial charge is 0.495 e. The molecule has 0 bridgehead atoms. The zero-order chi connectivity index (χ0) is 13.9. The van der Waals surface area contributed by atoms with E-state index in [2.05, 4.69) is 10.6 Å². The zero-order valence-corrected chi connectivity index (χ0v) is 11.7. The van der Waals surface area contributed by atoms with Crippen molar-refractivity contribution in [2.24, 2.45) is 0 Å². The van der Waals surface area contributed by atoms with E-state index in [-0.39, 0.29) is 18.1 Å². The van der Waals surface area contributed by atoms with E-state index in [1.54, 1.807) is 18.2 Å². The molecule has 1 amide bonds. The number of nitrogens with one attached hydrogen (secondary N) is 2. The molecule has 1 fully saturated rings. The number of rotatable bonds is 5. The molecule has 104 valence electrons. The minimum Gasteiger partial charge on any atom is -0.495 e. The number of anilines is 1. The van der Waals surface area contributed by atoms with Gasteiger partial charge in [0, 0.05) is 24.8 Å². The lowest BCUT2D eigenvalue weighted by Crippen LogP contribution is -2.59. The molecule has 6 heteroatoms. The number of ether oxygens (including phenoxy) is 2. The number of hydrogen-bond donors (Lipinski definition) is 2. The van der Waals surface area contributed by atoms with Crippen molar-refractivity contribution in [3.8, 4) is 5.75 Å². The molecular formula is C13H17ClN2O3. The molecule has 0 aliphatic carbocycles. The summed E-state index contributed by atoms with van der Waals surface area (Å²) in [5.41, 5.74) is 0.404. The van der Waals surface area contributed by atoms with Crippen LogP contribution in [0, 0.1) is 0 Å². The normalized spacial score (nSPS) is 16.6. The second kappa shape index (κ2) is 5.77. The van der Waals surface area contributed by atoms with E-state index in [0.29, 0.717) is 16.5 Å². The highest BCUT2D eigenvalue weighted by Gasteiger charge is 2.32. The number of hydrogen-bond acceptors (Lipinski definition) is 4. The maximum atomic E-state index is 11.8. The molecule has 1 aromatic rings. The molecule has 19 heavy (non-hydrogen) atoms. The van der Waals surface area contributed by atoms with Gasteiger partial charge in [-0.15, -0.1) is 0 Å². The van der Waals surface area contributed by atoms with Gasteiger partial charge in [0.05, 0.1) is 17.7 Å². The van der Waals surface area contributed by atoms with Crippen molar-refractivity contribution >= 4 is 23.2 Å². The lowest BCUT2D eigenvalue weighted by molar-refractivity contribution is -0.130. The summed E-state index contributed by atoms with van der Waals surface area (Å²) in [6.07, 6.45) is 0. The van der Waals surface area contributed by atoms with E-state index < -0.39 is 0 Å². The summed E-state index contributed by atoms with van der Waals surface area (Å²) in [4.78, 5) is 11.8. The molecule has 2 N–H and O–H groups in total. The van der Waals surface area contributed by atoms with Crippen LogP contribution in [-0.2, 0) is 9.53 Å². The highest BCUT2D eigenvalue weighted by atomic mass is 35.5. The molecule has 0 aromatic heterocycles. The highest BCUT2D eigenvalue weighted by molar-refractivity contribution is 6.32. The molecule has 0 unspecified atom stereocenters. The van der Waals surface area contributed by atoms with Crippen LogP contribution in [0.3, 0.4) is 0 Å². The third-order valence-electron chi connectivity index (χ3n) is 2.98. The van der Waals surface area contributed by atoms with Gasteiger partial charge in [-0.05, 0) is 19.1 Å². The summed E-state index contributed by atoms with van der Waals surface area (Å²) in [6.45, 7) is 3.55. The van der Waals surface area contributed by atoms with Gasteiger partial charge in [0.2, 0.25) is 5.91 Å². The van der Waals surface area contributed by atoms with Gasteiger partial charge in [0.1, 0.15) is 12.4 Å². The predicted octanol–water partition coefficient (Wildman–Crippen LogP) is 1.67. The highest BCUT2D eigenvalue weighted by Crippen LogP contribution is 2.27. The van der Waals surface area contributed by atoms with Crippen LogP contribution in [0.2, 0.25) is 5.02 Å². The first-order chi connectivity index (χ1) is 9.02. The fourth-order valence-corrected chi connectivity index (χ4v) is 1.95. The van der Waals surface area contributed by atoms with Crippen molar-refractivity contribution in [3.63, 3.8) is 0 Å². The van der Waals surface area contributed by atoms with Crippen molar-refractivity contribution in [1.29, 1.82) is 0 Å². The van der Waals surface area contributed by atoms with Gasteiger partial charge in [-0.1, -0.05) is 11.6 Å². The molecule has 0 saturated carbocycles. The van der Waals surface area contributed by atoms with Gasteiger partial charge in [0.15, 0.2) is 0 Å². The summed E-state index contributed by atoms with van der Waals surface area (Å²) < 4.78 is 10.6. The Morgan fingerprint density at radius 3 is 2.84 bits per heavy atom. The SMILES string of the molecule is COc1cc(NC(=O)COC2(C)CNC2)ccc1Cl. The summed E-state index contributed by atoms with van der Waals surface area (Å²) in [7, 11) is 1.53. The van der Waals surface area contributed by atoms with Crippen molar-refractivity contribution in [1.82, 2.24) is 5.32 Å². The summed E-state index contributed by atoms with van der Waals surface area (Å²) in [5, 5.41) is 6.35. The maximum absolute atomic E-state index is 11.8. The van der Waals surface area contributed by atoms with Gasteiger partial charge in [-0.2, -0.15) is 0 Å². The first kappa shape index (κ1) is 14.1. The molecule has 0 spiro atoms. The van der Waals surface area contributed by atoms with Crippen molar-refractivity contribution in [2.75, 3.05) is 32.1 Å². The quantitative estimate of drug-likeness (QED) is 0.863. The van der Waals surface area contributed by atoms with E-state index >= 15 is 0 Å². The third kappa shape index (κ3) is 3.59. The topological polar surface area (TPSA) is 59.6 Å². The monoisotopic (exact) mass is 284 g/mol. The van der Waals surface area contributed by atoms with E-state index in [1.165, 1.54) is 7.11 Å². The van der Waals surface area contributed by atoms with Crippen LogP contribution >= 0.6 is 11.6 Å². The van der Waals surface area contributed by atoms with Crippen LogP contribution in [0.15, 0.2) is 18.2 Å². The van der Waals surface area contributed by atoms with Crippen LogP contribution in [0.5, 0.6) is 5.75 Å². The minimum absolute atomic E-state index is 0.0309. The number of carbonyl (C=O) groups excluding carboxylic acids is 1.